The lowest BCUT2D eigenvalue weighted by molar-refractivity contribution is -0.122. The number of imide groups is 1. The highest BCUT2D eigenvalue weighted by molar-refractivity contribution is 6.49. The summed E-state index contributed by atoms with van der Waals surface area (Å²) in [7, 11) is 0. The van der Waals surface area contributed by atoms with Crippen molar-refractivity contribution in [3.05, 3.63) is 82.2 Å². The topological polar surface area (TPSA) is 76.4 Å². The summed E-state index contributed by atoms with van der Waals surface area (Å²) in [5.41, 5.74) is 0.660. The third kappa shape index (κ3) is 2.14. The number of hydrogen-bond acceptors (Lipinski definition) is 4. The molecule has 24 heavy (non-hydrogen) atoms. The van der Waals surface area contributed by atoms with Gasteiger partial charge in [0, 0.05) is 5.39 Å². The molecule has 4 rings (SSSR count). The van der Waals surface area contributed by atoms with E-state index in [1.54, 1.807) is 54.6 Å². The van der Waals surface area contributed by atoms with Gasteiger partial charge in [0.05, 0.1) is 16.7 Å². The van der Waals surface area contributed by atoms with Crippen molar-refractivity contribution in [3.8, 4) is 0 Å². The SMILES string of the molecule is O=C1NC(=O)C(c2cc3ccccc3oc2=O)=C1c1ccccc1. The predicted octanol–water partition coefficient (Wildman–Crippen LogP) is 2.36. The van der Waals surface area contributed by atoms with Gasteiger partial charge in [-0.15, -0.1) is 0 Å². The van der Waals surface area contributed by atoms with Gasteiger partial charge in [-0.05, 0) is 17.7 Å². The predicted molar refractivity (Wildman–Crippen MR) is 88.9 cm³/mol. The van der Waals surface area contributed by atoms with Crippen LogP contribution in [0, 0.1) is 0 Å². The fourth-order valence-electron chi connectivity index (χ4n) is 2.83. The van der Waals surface area contributed by atoms with Crippen molar-refractivity contribution in [2.75, 3.05) is 0 Å². The first kappa shape index (κ1) is 14.1. The van der Waals surface area contributed by atoms with Crippen LogP contribution in [0.3, 0.4) is 0 Å². The van der Waals surface area contributed by atoms with Crippen molar-refractivity contribution >= 4 is 33.9 Å². The molecule has 1 aromatic heterocycles. The Balaban J connectivity index is 2.04. The highest BCUT2D eigenvalue weighted by atomic mass is 16.4. The maximum absolute atomic E-state index is 12.4. The van der Waals surface area contributed by atoms with E-state index >= 15 is 0 Å². The maximum atomic E-state index is 12.4. The Bertz CT molecular complexity index is 1080. The van der Waals surface area contributed by atoms with Crippen LogP contribution in [0.15, 0.2) is 69.9 Å². The molecule has 0 saturated carbocycles. The molecule has 0 fully saturated rings. The number of hydrogen-bond donors (Lipinski definition) is 1. The van der Waals surface area contributed by atoms with Gasteiger partial charge in [-0.3, -0.25) is 14.9 Å². The van der Waals surface area contributed by atoms with Gasteiger partial charge in [-0.1, -0.05) is 48.5 Å². The van der Waals surface area contributed by atoms with Gasteiger partial charge in [-0.25, -0.2) is 4.79 Å². The Morgan fingerprint density at radius 3 is 2.21 bits per heavy atom. The van der Waals surface area contributed by atoms with E-state index in [-0.39, 0.29) is 16.7 Å². The number of carbonyl (C=O) groups excluding carboxylic acids is 2. The number of rotatable bonds is 2. The molecule has 3 aromatic rings. The van der Waals surface area contributed by atoms with Crippen molar-refractivity contribution in [2.45, 2.75) is 0 Å². The van der Waals surface area contributed by atoms with E-state index in [1.807, 2.05) is 6.07 Å². The lowest BCUT2D eigenvalue weighted by atomic mass is 9.97. The smallest absolute Gasteiger partial charge is 0.344 e. The Morgan fingerprint density at radius 1 is 0.750 bits per heavy atom. The summed E-state index contributed by atoms with van der Waals surface area (Å²) in [5, 5.41) is 2.94. The minimum absolute atomic E-state index is 0.0469. The van der Waals surface area contributed by atoms with Crippen LogP contribution in [-0.4, -0.2) is 11.8 Å². The second-order valence-corrected chi connectivity index (χ2v) is 5.38. The molecule has 0 spiro atoms. The summed E-state index contributed by atoms with van der Waals surface area (Å²) < 4.78 is 5.29. The van der Waals surface area contributed by atoms with E-state index < -0.39 is 17.4 Å². The number of nitrogens with one attached hydrogen (secondary N) is 1. The molecule has 2 amide bonds. The minimum atomic E-state index is -0.651. The molecule has 2 heterocycles. The number of carbonyl (C=O) groups is 2. The molecule has 1 N–H and O–H groups in total. The average molecular weight is 317 g/mol. The molecule has 5 heteroatoms. The molecule has 0 unspecified atom stereocenters. The van der Waals surface area contributed by atoms with Gasteiger partial charge in [0.2, 0.25) is 0 Å². The summed E-state index contributed by atoms with van der Waals surface area (Å²) in [4.78, 5) is 36.9. The van der Waals surface area contributed by atoms with Gasteiger partial charge in [0.25, 0.3) is 11.8 Å². The van der Waals surface area contributed by atoms with Gasteiger partial charge in [0.1, 0.15) is 5.58 Å². The van der Waals surface area contributed by atoms with Crippen molar-refractivity contribution < 1.29 is 14.0 Å². The highest BCUT2D eigenvalue weighted by Crippen LogP contribution is 2.30. The van der Waals surface area contributed by atoms with Crippen LogP contribution < -0.4 is 10.9 Å². The Hall–Kier alpha value is -3.47. The second-order valence-electron chi connectivity index (χ2n) is 5.38. The highest BCUT2D eigenvalue weighted by Gasteiger charge is 2.33. The summed E-state index contributed by atoms with van der Waals surface area (Å²) in [6.45, 7) is 0. The van der Waals surface area contributed by atoms with Gasteiger partial charge in [0.15, 0.2) is 0 Å². The lowest BCUT2D eigenvalue weighted by Gasteiger charge is -2.05. The standard InChI is InChI=1S/C19H11NO4/c21-17-15(11-6-2-1-3-7-11)16(18(22)20-17)13-10-12-8-4-5-9-14(12)24-19(13)23/h1-10H,(H,20,21,22). The lowest BCUT2D eigenvalue weighted by Crippen LogP contribution is -2.23. The van der Waals surface area contributed by atoms with Crippen LogP contribution >= 0.6 is 0 Å². The molecule has 1 aliphatic rings. The minimum Gasteiger partial charge on any atom is -0.422 e. The Labute approximate surface area is 136 Å². The molecule has 5 nitrogen and oxygen atoms in total. The van der Waals surface area contributed by atoms with E-state index in [0.29, 0.717) is 16.5 Å². The molecule has 0 saturated heterocycles. The van der Waals surface area contributed by atoms with Crippen molar-refractivity contribution in [1.82, 2.24) is 5.32 Å². The van der Waals surface area contributed by atoms with Gasteiger partial charge < -0.3 is 4.42 Å². The molecule has 2 aromatic carbocycles. The molecule has 0 radical (unpaired) electrons. The largest absolute Gasteiger partial charge is 0.422 e. The van der Waals surface area contributed by atoms with Crippen LogP contribution in [0.4, 0.5) is 0 Å². The zero-order valence-corrected chi connectivity index (χ0v) is 12.4. The van der Waals surface area contributed by atoms with Gasteiger partial charge >= 0.3 is 5.63 Å². The first-order chi connectivity index (χ1) is 11.6. The molecule has 0 bridgehead atoms. The summed E-state index contributed by atoms with van der Waals surface area (Å²) in [6.07, 6.45) is 0. The van der Waals surface area contributed by atoms with Crippen molar-refractivity contribution in [3.63, 3.8) is 0 Å². The zero-order chi connectivity index (χ0) is 16.7. The Morgan fingerprint density at radius 2 is 1.42 bits per heavy atom. The normalized spacial score (nSPS) is 14.3. The van der Waals surface area contributed by atoms with Crippen molar-refractivity contribution in [1.29, 1.82) is 0 Å². The summed E-state index contributed by atoms with van der Waals surface area (Å²) in [5.74, 6) is -1.12. The zero-order valence-electron chi connectivity index (χ0n) is 12.4. The maximum Gasteiger partial charge on any atom is 0.344 e. The van der Waals surface area contributed by atoms with Crippen molar-refractivity contribution in [2.24, 2.45) is 0 Å². The third-order valence-corrected chi connectivity index (χ3v) is 3.90. The van der Waals surface area contributed by atoms with Crippen LogP contribution in [-0.2, 0) is 9.59 Å². The van der Waals surface area contributed by atoms with Crippen LogP contribution in [0.25, 0.3) is 22.1 Å². The van der Waals surface area contributed by atoms with Gasteiger partial charge in [-0.2, -0.15) is 0 Å². The first-order valence-corrected chi connectivity index (χ1v) is 7.34. The fraction of sp³-hybridized carbons (Fsp3) is 0. The van der Waals surface area contributed by atoms with E-state index in [4.69, 9.17) is 4.42 Å². The fourth-order valence-corrected chi connectivity index (χ4v) is 2.83. The number of fused-ring (bicyclic) bond motifs is 1. The van der Waals surface area contributed by atoms with Crippen LogP contribution in [0.5, 0.6) is 0 Å². The quantitative estimate of drug-likeness (QED) is 0.581. The summed E-state index contributed by atoms with van der Waals surface area (Å²) in [6, 6.07) is 17.4. The number of para-hydroxylation sites is 1. The average Bonchev–Trinajstić information content (AvgIpc) is 2.89. The van der Waals surface area contributed by atoms with E-state index in [1.165, 1.54) is 0 Å². The molecule has 0 aliphatic carbocycles. The monoisotopic (exact) mass is 317 g/mol. The second kappa shape index (κ2) is 5.31. The molecular formula is C19H11NO4. The van der Waals surface area contributed by atoms with E-state index in [9.17, 15) is 14.4 Å². The number of amides is 2. The summed E-state index contributed by atoms with van der Waals surface area (Å²) >= 11 is 0. The third-order valence-electron chi connectivity index (χ3n) is 3.90. The van der Waals surface area contributed by atoms with Crippen LogP contribution in [0.2, 0.25) is 0 Å². The molecular weight excluding hydrogens is 306 g/mol. The molecule has 1 aliphatic heterocycles. The number of benzene rings is 2. The van der Waals surface area contributed by atoms with E-state index in [2.05, 4.69) is 5.32 Å². The first-order valence-electron chi connectivity index (χ1n) is 7.34. The Kier molecular flexibility index (Phi) is 3.13. The molecule has 0 atom stereocenters. The van der Waals surface area contributed by atoms with E-state index in [0.717, 1.165) is 0 Å². The molecule has 116 valence electrons. The van der Waals surface area contributed by atoms with Crippen LogP contribution in [0.1, 0.15) is 11.1 Å².